The molecule has 2 aliphatic rings. The minimum absolute atomic E-state index is 0.0397. The Labute approximate surface area is 159 Å². The van der Waals surface area contributed by atoms with Gasteiger partial charge < -0.3 is 14.5 Å². The largest absolute Gasteiger partial charge is 0.352 e. The number of benzene rings is 2. The van der Waals surface area contributed by atoms with Gasteiger partial charge in [0.1, 0.15) is 0 Å². The van der Waals surface area contributed by atoms with Crippen molar-refractivity contribution in [1.29, 1.82) is 0 Å². The first-order chi connectivity index (χ1) is 13.0. The van der Waals surface area contributed by atoms with Crippen molar-refractivity contribution < 1.29 is 14.3 Å². The Bertz CT molecular complexity index is 855. The minimum atomic E-state index is -0.562. The number of likely N-dealkylation sites (tertiary alicyclic amines) is 1. The van der Waals surface area contributed by atoms with Crippen LogP contribution in [0.25, 0.3) is 0 Å². The topological polar surface area (TPSA) is 49.9 Å². The van der Waals surface area contributed by atoms with Gasteiger partial charge in [-0.25, -0.2) is 0 Å². The first-order valence-corrected chi connectivity index (χ1v) is 9.34. The molecule has 2 aromatic rings. The van der Waals surface area contributed by atoms with Crippen molar-refractivity contribution in [3.05, 3.63) is 71.3 Å². The molecule has 2 heterocycles. The molecule has 140 valence electrons. The Morgan fingerprint density at radius 2 is 1.63 bits per heavy atom. The van der Waals surface area contributed by atoms with Crippen LogP contribution in [0, 0.1) is 0 Å². The molecule has 5 heteroatoms. The molecule has 0 aliphatic carbocycles. The van der Waals surface area contributed by atoms with E-state index in [-0.39, 0.29) is 11.8 Å². The molecule has 27 heavy (non-hydrogen) atoms. The van der Waals surface area contributed by atoms with Gasteiger partial charge >= 0.3 is 0 Å². The van der Waals surface area contributed by atoms with Crippen molar-refractivity contribution in [2.45, 2.75) is 24.5 Å². The molecule has 1 atom stereocenters. The van der Waals surface area contributed by atoms with Gasteiger partial charge in [-0.2, -0.15) is 0 Å². The Morgan fingerprint density at radius 3 is 2.30 bits per heavy atom. The van der Waals surface area contributed by atoms with Gasteiger partial charge in [0.2, 0.25) is 0 Å². The van der Waals surface area contributed by atoms with Gasteiger partial charge in [0.25, 0.3) is 11.8 Å². The van der Waals surface area contributed by atoms with Crippen LogP contribution in [-0.2, 0) is 15.1 Å². The molecule has 2 amide bonds. The number of amides is 2. The van der Waals surface area contributed by atoms with Gasteiger partial charge in [-0.05, 0) is 36.1 Å². The predicted molar refractivity (Wildman–Crippen MR) is 102 cm³/mol. The normalized spacial score (nSPS) is 20.4. The lowest BCUT2D eigenvalue weighted by molar-refractivity contribution is -0.157. The lowest BCUT2D eigenvalue weighted by Gasteiger charge is -2.39. The summed E-state index contributed by atoms with van der Waals surface area (Å²) in [5.41, 5.74) is 2.28. The maximum Gasteiger partial charge on any atom is 0.255 e. The molecule has 2 aromatic carbocycles. The first-order valence-electron chi connectivity index (χ1n) is 9.34. The summed E-state index contributed by atoms with van der Waals surface area (Å²) in [6.07, 6.45) is 0.826. The highest BCUT2D eigenvalue weighted by Crippen LogP contribution is 2.49. The zero-order chi connectivity index (χ0) is 19.0. The Balaban J connectivity index is 1.56. The third-order valence-electron chi connectivity index (χ3n) is 5.62. The fourth-order valence-corrected chi connectivity index (χ4v) is 4.13. The number of hydrogen-bond donors (Lipinski definition) is 0. The van der Waals surface area contributed by atoms with E-state index < -0.39 is 11.7 Å². The van der Waals surface area contributed by atoms with E-state index >= 15 is 0 Å². The summed E-state index contributed by atoms with van der Waals surface area (Å²) in [5.74, 6) is 0.0137. The number of carbonyl (C=O) groups excluding carboxylic acids is 2. The van der Waals surface area contributed by atoms with Gasteiger partial charge in [-0.3, -0.25) is 9.59 Å². The lowest BCUT2D eigenvalue weighted by Crippen LogP contribution is -2.45. The SMILES string of the molecule is CN(C)C(=O)[C@@H]1OC2(CCN(C(=O)c3ccccc3)CC2)c2ccccc21. The van der Waals surface area contributed by atoms with Crippen molar-refractivity contribution >= 4 is 11.8 Å². The van der Waals surface area contributed by atoms with Crippen molar-refractivity contribution in [3.63, 3.8) is 0 Å². The summed E-state index contributed by atoms with van der Waals surface area (Å²) in [7, 11) is 3.50. The number of carbonyl (C=O) groups is 2. The van der Waals surface area contributed by atoms with Crippen molar-refractivity contribution in [2.75, 3.05) is 27.2 Å². The number of rotatable bonds is 2. The van der Waals surface area contributed by atoms with Crippen LogP contribution in [-0.4, -0.2) is 48.8 Å². The van der Waals surface area contributed by atoms with Gasteiger partial charge in [0.15, 0.2) is 6.10 Å². The van der Waals surface area contributed by atoms with Gasteiger partial charge in [-0.15, -0.1) is 0 Å². The monoisotopic (exact) mass is 364 g/mol. The number of nitrogens with zero attached hydrogens (tertiary/aromatic N) is 2. The van der Waals surface area contributed by atoms with E-state index in [1.807, 2.05) is 53.4 Å². The second-order valence-electron chi connectivity index (χ2n) is 7.47. The Hall–Kier alpha value is -2.66. The smallest absolute Gasteiger partial charge is 0.255 e. The van der Waals surface area contributed by atoms with Crippen LogP contribution in [0.5, 0.6) is 0 Å². The zero-order valence-corrected chi connectivity index (χ0v) is 15.7. The molecule has 2 aliphatic heterocycles. The van der Waals surface area contributed by atoms with Crippen molar-refractivity contribution in [2.24, 2.45) is 0 Å². The summed E-state index contributed by atoms with van der Waals surface area (Å²) in [5, 5.41) is 0. The molecule has 0 aromatic heterocycles. The van der Waals surface area contributed by atoms with Crippen LogP contribution in [0.3, 0.4) is 0 Å². The van der Waals surface area contributed by atoms with Crippen LogP contribution in [0.1, 0.15) is 40.4 Å². The number of ether oxygens (including phenoxy) is 1. The van der Waals surface area contributed by atoms with E-state index in [4.69, 9.17) is 4.74 Å². The van der Waals surface area contributed by atoms with Crippen LogP contribution in [0.15, 0.2) is 54.6 Å². The van der Waals surface area contributed by atoms with E-state index in [0.717, 1.165) is 11.1 Å². The standard InChI is InChI=1S/C22H24N2O3/c1-23(2)21(26)19-17-10-6-7-11-18(17)22(27-19)12-14-24(15-13-22)20(25)16-8-4-3-5-9-16/h3-11,19H,12-15H2,1-2H3/t19-/m1/s1. The third-order valence-corrected chi connectivity index (χ3v) is 5.62. The molecule has 0 saturated carbocycles. The van der Waals surface area contributed by atoms with Gasteiger partial charge in [0.05, 0.1) is 5.60 Å². The zero-order valence-electron chi connectivity index (χ0n) is 15.7. The number of piperidine rings is 1. The van der Waals surface area contributed by atoms with Crippen LogP contribution >= 0.6 is 0 Å². The molecular formula is C22H24N2O3. The molecule has 5 nitrogen and oxygen atoms in total. The van der Waals surface area contributed by atoms with E-state index in [0.29, 0.717) is 31.5 Å². The van der Waals surface area contributed by atoms with Crippen LogP contribution < -0.4 is 0 Å². The highest BCUT2D eigenvalue weighted by atomic mass is 16.5. The molecule has 0 N–H and O–H groups in total. The van der Waals surface area contributed by atoms with E-state index in [1.54, 1.807) is 19.0 Å². The van der Waals surface area contributed by atoms with Crippen LogP contribution in [0.2, 0.25) is 0 Å². The average molecular weight is 364 g/mol. The molecule has 0 bridgehead atoms. The fraction of sp³-hybridized carbons (Fsp3) is 0.364. The Morgan fingerprint density at radius 1 is 1.00 bits per heavy atom. The molecule has 1 fully saturated rings. The second-order valence-corrected chi connectivity index (χ2v) is 7.47. The maximum atomic E-state index is 12.7. The number of hydrogen-bond acceptors (Lipinski definition) is 3. The second kappa shape index (κ2) is 6.82. The lowest BCUT2D eigenvalue weighted by atomic mass is 9.83. The summed E-state index contributed by atoms with van der Waals surface area (Å²) in [6, 6.07) is 17.4. The quantitative estimate of drug-likeness (QED) is 0.823. The summed E-state index contributed by atoms with van der Waals surface area (Å²) >= 11 is 0. The molecule has 0 unspecified atom stereocenters. The molecule has 0 radical (unpaired) electrons. The Kier molecular flexibility index (Phi) is 4.48. The summed E-state index contributed by atoms with van der Waals surface area (Å²) < 4.78 is 6.39. The van der Waals surface area contributed by atoms with Crippen molar-refractivity contribution in [1.82, 2.24) is 9.80 Å². The van der Waals surface area contributed by atoms with E-state index in [2.05, 4.69) is 6.07 Å². The van der Waals surface area contributed by atoms with E-state index in [1.165, 1.54) is 0 Å². The molecular weight excluding hydrogens is 340 g/mol. The van der Waals surface area contributed by atoms with Gasteiger partial charge in [-0.1, -0.05) is 42.5 Å². The minimum Gasteiger partial charge on any atom is -0.352 e. The number of likely N-dealkylation sites (N-methyl/N-ethyl adjacent to an activating group) is 1. The summed E-state index contributed by atoms with van der Waals surface area (Å²) in [4.78, 5) is 28.8. The van der Waals surface area contributed by atoms with Gasteiger partial charge in [0, 0.05) is 32.7 Å². The summed E-state index contributed by atoms with van der Waals surface area (Å²) in [6.45, 7) is 1.23. The molecule has 4 rings (SSSR count). The highest BCUT2D eigenvalue weighted by molar-refractivity contribution is 5.94. The first kappa shape index (κ1) is 17.7. The fourth-order valence-electron chi connectivity index (χ4n) is 4.13. The predicted octanol–water partition coefficient (Wildman–Crippen LogP) is 2.98. The highest BCUT2D eigenvalue weighted by Gasteiger charge is 2.49. The average Bonchev–Trinajstić information content (AvgIpc) is 3.02. The molecule has 1 spiro atoms. The maximum absolute atomic E-state index is 12.7. The third kappa shape index (κ3) is 3.02. The van der Waals surface area contributed by atoms with Crippen molar-refractivity contribution in [3.8, 4) is 0 Å². The van der Waals surface area contributed by atoms with Crippen LogP contribution in [0.4, 0.5) is 0 Å². The number of fused-ring (bicyclic) bond motifs is 2. The van der Waals surface area contributed by atoms with E-state index in [9.17, 15) is 9.59 Å². The molecule has 1 saturated heterocycles.